The molecule has 1 aliphatic carbocycles. The van der Waals surface area contributed by atoms with Gasteiger partial charge in [-0.25, -0.2) is 9.67 Å². The van der Waals surface area contributed by atoms with Gasteiger partial charge in [0.05, 0.1) is 33.8 Å². The molecule has 1 aromatic carbocycles. The molecule has 0 bridgehead atoms. The lowest BCUT2D eigenvalue weighted by Gasteiger charge is -2.08. The fourth-order valence-electron chi connectivity index (χ4n) is 3.62. The Kier molecular flexibility index (Phi) is 5.78. The highest BCUT2D eigenvalue weighted by Gasteiger charge is 2.18. The zero-order valence-electron chi connectivity index (χ0n) is 15.9. The van der Waals surface area contributed by atoms with Crippen molar-refractivity contribution in [3.63, 3.8) is 0 Å². The van der Waals surface area contributed by atoms with Crippen molar-refractivity contribution < 1.29 is 4.79 Å². The number of carbonyl (C=O) groups excluding carboxylic acids is 1. The first-order chi connectivity index (χ1) is 13.7. The number of amides is 1. The standard InChI is InChI=1S/C21H23ClN4OS/c1-2-18-16(13-24-26(18)15-7-5-6-14(22)12-15)21(27)23-11-10-20-25-17-8-3-4-9-19(17)28-20/h5-7,12-13H,2-4,8-11H2,1H3,(H,23,27). The zero-order valence-corrected chi connectivity index (χ0v) is 17.4. The molecular formula is C21H23ClN4OS. The second-order valence-electron chi connectivity index (χ2n) is 6.94. The van der Waals surface area contributed by atoms with E-state index < -0.39 is 0 Å². The quantitative estimate of drug-likeness (QED) is 0.650. The van der Waals surface area contributed by atoms with Crippen LogP contribution >= 0.6 is 22.9 Å². The van der Waals surface area contributed by atoms with Crippen LogP contribution in [0.25, 0.3) is 5.69 Å². The SMILES string of the molecule is CCc1c(C(=O)NCCc2nc3c(s2)CCCC3)cnn1-c1cccc(Cl)c1. The smallest absolute Gasteiger partial charge is 0.254 e. The van der Waals surface area contributed by atoms with E-state index in [0.29, 0.717) is 23.6 Å². The highest BCUT2D eigenvalue weighted by molar-refractivity contribution is 7.11. The third-order valence-electron chi connectivity index (χ3n) is 5.02. The van der Waals surface area contributed by atoms with Gasteiger partial charge in [-0.1, -0.05) is 24.6 Å². The lowest BCUT2D eigenvalue weighted by molar-refractivity contribution is 0.0953. The van der Waals surface area contributed by atoms with Crippen molar-refractivity contribution in [2.75, 3.05) is 6.54 Å². The summed E-state index contributed by atoms with van der Waals surface area (Å²) in [4.78, 5) is 18.9. The van der Waals surface area contributed by atoms with Gasteiger partial charge < -0.3 is 5.32 Å². The van der Waals surface area contributed by atoms with Gasteiger partial charge in [-0.2, -0.15) is 5.10 Å². The molecule has 0 unspecified atom stereocenters. The molecule has 0 fully saturated rings. The number of thiazole rings is 1. The summed E-state index contributed by atoms with van der Waals surface area (Å²) in [6.07, 6.45) is 7.87. The molecule has 4 rings (SSSR count). The van der Waals surface area contributed by atoms with E-state index in [4.69, 9.17) is 16.6 Å². The number of nitrogens with one attached hydrogen (secondary N) is 1. The predicted octanol–water partition coefficient (Wildman–Crippen LogP) is 4.40. The number of aryl methyl sites for hydroxylation is 2. The number of halogens is 1. The predicted molar refractivity (Wildman–Crippen MR) is 113 cm³/mol. The van der Waals surface area contributed by atoms with Crippen LogP contribution < -0.4 is 5.32 Å². The summed E-state index contributed by atoms with van der Waals surface area (Å²) in [6.45, 7) is 2.60. The van der Waals surface area contributed by atoms with Gasteiger partial charge in [-0.05, 0) is 50.3 Å². The van der Waals surface area contributed by atoms with Crippen LogP contribution in [0, 0.1) is 0 Å². The van der Waals surface area contributed by atoms with Crippen LogP contribution in [0.4, 0.5) is 0 Å². The highest BCUT2D eigenvalue weighted by atomic mass is 35.5. The first-order valence-electron chi connectivity index (χ1n) is 9.74. The molecule has 0 atom stereocenters. The summed E-state index contributed by atoms with van der Waals surface area (Å²) < 4.78 is 1.79. The summed E-state index contributed by atoms with van der Waals surface area (Å²) in [7, 11) is 0. The highest BCUT2D eigenvalue weighted by Crippen LogP contribution is 2.26. The summed E-state index contributed by atoms with van der Waals surface area (Å²) in [5, 5.41) is 9.21. The Balaban J connectivity index is 1.43. The van der Waals surface area contributed by atoms with E-state index in [0.717, 1.165) is 35.7 Å². The maximum Gasteiger partial charge on any atom is 0.254 e. The Morgan fingerprint density at radius 3 is 2.96 bits per heavy atom. The van der Waals surface area contributed by atoms with E-state index in [1.54, 1.807) is 22.2 Å². The number of benzene rings is 1. The van der Waals surface area contributed by atoms with E-state index in [1.165, 1.54) is 23.4 Å². The maximum atomic E-state index is 12.7. The Morgan fingerprint density at radius 2 is 2.18 bits per heavy atom. The molecule has 1 amide bonds. The number of aromatic nitrogens is 3. The number of carbonyl (C=O) groups is 1. The summed E-state index contributed by atoms with van der Waals surface area (Å²) in [5.74, 6) is -0.0913. The molecule has 0 saturated heterocycles. The average Bonchev–Trinajstić information content (AvgIpc) is 3.31. The van der Waals surface area contributed by atoms with Gasteiger partial charge in [0.1, 0.15) is 0 Å². The zero-order chi connectivity index (χ0) is 19.5. The third kappa shape index (κ3) is 3.98. The van der Waals surface area contributed by atoms with Crippen molar-refractivity contribution >= 4 is 28.8 Å². The molecule has 0 spiro atoms. The second-order valence-corrected chi connectivity index (χ2v) is 8.55. The number of hydrogen-bond donors (Lipinski definition) is 1. The minimum absolute atomic E-state index is 0.0913. The molecule has 7 heteroatoms. The fourth-order valence-corrected chi connectivity index (χ4v) is 4.97. The van der Waals surface area contributed by atoms with Crippen LogP contribution in [0.1, 0.15) is 51.4 Å². The normalized spacial score (nSPS) is 13.4. The van der Waals surface area contributed by atoms with Gasteiger partial charge in [0.2, 0.25) is 0 Å². The Hall–Kier alpha value is -2.18. The number of nitrogens with zero attached hydrogens (tertiary/aromatic N) is 3. The van der Waals surface area contributed by atoms with E-state index in [9.17, 15) is 4.79 Å². The van der Waals surface area contributed by atoms with E-state index in [1.807, 2.05) is 31.2 Å². The van der Waals surface area contributed by atoms with Crippen molar-refractivity contribution in [1.29, 1.82) is 0 Å². The van der Waals surface area contributed by atoms with Crippen LogP contribution in [0.3, 0.4) is 0 Å². The number of hydrogen-bond acceptors (Lipinski definition) is 4. The van der Waals surface area contributed by atoms with Gasteiger partial charge in [0.15, 0.2) is 0 Å². The van der Waals surface area contributed by atoms with Crippen molar-refractivity contribution in [1.82, 2.24) is 20.1 Å². The maximum absolute atomic E-state index is 12.7. The molecule has 0 saturated carbocycles. The molecule has 3 aromatic rings. The van der Waals surface area contributed by atoms with Crippen molar-refractivity contribution in [2.45, 2.75) is 45.4 Å². The molecule has 146 valence electrons. The van der Waals surface area contributed by atoms with Crippen molar-refractivity contribution in [3.05, 3.63) is 62.3 Å². The monoisotopic (exact) mass is 414 g/mol. The third-order valence-corrected chi connectivity index (χ3v) is 6.47. The van der Waals surface area contributed by atoms with E-state index in [-0.39, 0.29) is 5.91 Å². The Morgan fingerprint density at radius 1 is 1.32 bits per heavy atom. The van der Waals surface area contributed by atoms with Crippen LogP contribution in [0.2, 0.25) is 5.02 Å². The lowest BCUT2D eigenvalue weighted by Crippen LogP contribution is -2.26. The Labute approximate surface area is 173 Å². The van der Waals surface area contributed by atoms with E-state index in [2.05, 4.69) is 10.4 Å². The number of rotatable bonds is 6. The minimum Gasteiger partial charge on any atom is -0.352 e. The first-order valence-corrected chi connectivity index (χ1v) is 10.9. The molecule has 1 aliphatic rings. The molecule has 2 heterocycles. The van der Waals surface area contributed by atoms with Crippen LogP contribution in [-0.2, 0) is 25.7 Å². The molecule has 1 N–H and O–H groups in total. The van der Waals surface area contributed by atoms with Gasteiger partial charge in [0, 0.05) is 22.9 Å². The molecule has 5 nitrogen and oxygen atoms in total. The lowest BCUT2D eigenvalue weighted by atomic mass is 10.0. The van der Waals surface area contributed by atoms with E-state index >= 15 is 0 Å². The molecule has 28 heavy (non-hydrogen) atoms. The van der Waals surface area contributed by atoms with Crippen molar-refractivity contribution in [2.24, 2.45) is 0 Å². The van der Waals surface area contributed by atoms with Crippen LogP contribution in [0.15, 0.2) is 30.5 Å². The molecule has 2 aromatic heterocycles. The number of fused-ring (bicyclic) bond motifs is 1. The average molecular weight is 415 g/mol. The first kappa shape index (κ1) is 19.2. The summed E-state index contributed by atoms with van der Waals surface area (Å²) in [5.41, 5.74) is 3.62. The van der Waals surface area contributed by atoms with Crippen molar-refractivity contribution in [3.8, 4) is 5.69 Å². The summed E-state index contributed by atoms with van der Waals surface area (Å²) in [6, 6.07) is 7.49. The Bertz CT molecular complexity index is 971. The van der Waals surface area contributed by atoms with Gasteiger partial charge in [-0.15, -0.1) is 11.3 Å². The summed E-state index contributed by atoms with van der Waals surface area (Å²) >= 11 is 7.90. The second kappa shape index (κ2) is 8.45. The largest absolute Gasteiger partial charge is 0.352 e. The molecule has 0 radical (unpaired) electrons. The molecule has 0 aliphatic heterocycles. The van der Waals surface area contributed by atoms with Gasteiger partial charge >= 0.3 is 0 Å². The van der Waals surface area contributed by atoms with Crippen LogP contribution in [0.5, 0.6) is 0 Å². The topological polar surface area (TPSA) is 59.8 Å². The van der Waals surface area contributed by atoms with Gasteiger partial charge in [0.25, 0.3) is 5.91 Å². The molecular weight excluding hydrogens is 392 g/mol. The van der Waals surface area contributed by atoms with Gasteiger partial charge in [-0.3, -0.25) is 4.79 Å². The fraction of sp³-hybridized carbons (Fsp3) is 0.381. The minimum atomic E-state index is -0.0913. The van der Waals surface area contributed by atoms with Crippen LogP contribution in [-0.4, -0.2) is 27.2 Å².